The molecule has 0 saturated heterocycles. The predicted molar refractivity (Wildman–Crippen MR) is 133 cm³/mol. The van der Waals surface area contributed by atoms with Crippen LogP contribution in [0.25, 0.3) is 6.08 Å². The fourth-order valence-electron chi connectivity index (χ4n) is 4.06. The number of hydrogen-bond acceptors (Lipinski definition) is 7. The van der Waals surface area contributed by atoms with Gasteiger partial charge in [-0.1, -0.05) is 38.3 Å². The molecule has 0 aliphatic heterocycles. The van der Waals surface area contributed by atoms with E-state index in [-0.39, 0.29) is 18.8 Å². The van der Waals surface area contributed by atoms with Gasteiger partial charge in [0.05, 0.1) is 12.2 Å². The second-order valence-corrected chi connectivity index (χ2v) is 8.70. The Morgan fingerprint density at radius 1 is 0.912 bits per heavy atom. The molecule has 7 heteroatoms. The van der Waals surface area contributed by atoms with Crippen LogP contribution in [0.3, 0.4) is 0 Å². The molecule has 1 aliphatic carbocycles. The molecule has 4 N–H and O–H groups in total. The van der Waals surface area contributed by atoms with Crippen LogP contribution in [-0.4, -0.2) is 31.8 Å². The normalized spacial score (nSPS) is 17.9. The van der Waals surface area contributed by atoms with Crippen LogP contribution in [0.2, 0.25) is 0 Å². The van der Waals surface area contributed by atoms with Crippen LogP contribution in [-0.2, 0) is 14.3 Å². The van der Waals surface area contributed by atoms with E-state index in [0.29, 0.717) is 17.3 Å². The van der Waals surface area contributed by atoms with Crippen LogP contribution < -0.4 is 16.2 Å². The number of benzene rings is 2. The summed E-state index contributed by atoms with van der Waals surface area (Å²) in [7, 11) is 0. The van der Waals surface area contributed by atoms with Gasteiger partial charge in [0.1, 0.15) is 19.0 Å². The molecule has 1 fully saturated rings. The molecule has 0 bridgehead atoms. The van der Waals surface area contributed by atoms with Gasteiger partial charge in [-0.15, -0.1) is 0 Å². The summed E-state index contributed by atoms with van der Waals surface area (Å²) in [4.78, 5) is 23.9. The van der Waals surface area contributed by atoms with Crippen LogP contribution >= 0.6 is 0 Å². The van der Waals surface area contributed by atoms with Crippen molar-refractivity contribution in [3.8, 4) is 5.75 Å². The van der Waals surface area contributed by atoms with Gasteiger partial charge in [-0.25, -0.2) is 9.59 Å². The van der Waals surface area contributed by atoms with E-state index in [9.17, 15) is 9.59 Å². The lowest BCUT2D eigenvalue weighted by molar-refractivity contribution is -0.138. The highest BCUT2D eigenvalue weighted by molar-refractivity contribution is 5.91. The van der Waals surface area contributed by atoms with E-state index >= 15 is 0 Å². The van der Waals surface area contributed by atoms with Gasteiger partial charge in [-0.3, -0.25) is 0 Å². The van der Waals surface area contributed by atoms with Crippen molar-refractivity contribution in [2.75, 3.05) is 31.3 Å². The first-order chi connectivity index (χ1) is 16.4. The van der Waals surface area contributed by atoms with Gasteiger partial charge in [0.25, 0.3) is 0 Å². The van der Waals surface area contributed by atoms with Gasteiger partial charge < -0.3 is 25.7 Å². The lowest BCUT2D eigenvalue weighted by Crippen LogP contribution is -2.19. The van der Waals surface area contributed by atoms with E-state index in [1.54, 1.807) is 12.1 Å². The number of rotatable bonds is 10. The molecule has 0 unspecified atom stereocenters. The molecule has 2 aromatic carbocycles. The van der Waals surface area contributed by atoms with Gasteiger partial charge in [-0.05, 0) is 66.6 Å². The Bertz CT molecular complexity index is 959. The molecule has 0 heterocycles. The van der Waals surface area contributed by atoms with Gasteiger partial charge in [0, 0.05) is 17.5 Å². The minimum atomic E-state index is -0.582. The van der Waals surface area contributed by atoms with Crippen molar-refractivity contribution in [2.45, 2.75) is 39.0 Å². The molecule has 7 nitrogen and oxygen atoms in total. The Hall–Kier alpha value is -3.48. The maximum atomic E-state index is 12.0. The van der Waals surface area contributed by atoms with Crippen molar-refractivity contribution >= 4 is 29.4 Å². The van der Waals surface area contributed by atoms with Crippen molar-refractivity contribution in [3.05, 3.63) is 59.7 Å². The molecule has 0 amide bonds. The third-order valence-electron chi connectivity index (χ3n) is 6.10. The molecule has 0 aromatic heterocycles. The Labute approximate surface area is 201 Å². The second-order valence-electron chi connectivity index (χ2n) is 8.70. The lowest BCUT2D eigenvalue weighted by atomic mass is 9.81. The SMILES string of the molecule is CCC1CCC(COc2ccc(/C=C/C(=O)OCCOC(=O)c3cc(N)cc(N)c3)cc2)CC1. The third-order valence-corrected chi connectivity index (χ3v) is 6.10. The second kappa shape index (κ2) is 12.7. The molecule has 0 spiro atoms. The minimum absolute atomic E-state index is 0.0559. The summed E-state index contributed by atoms with van der Waals surface area (Å²) < 4.78 is 16.1. The largest absolute Gasteiger partial charge is 0.493 e. The Balaban J connectivity index is 1.34. The number of anilines is 2. The zero-order chi connectivity index (χ0) is 24.3. The third kappa shape index (κ3) is 8.14. The first-order valence-corrected chi connectivity index (χ1v) is 11.8. The van der Waals surface area contributed by atoms with E-state index in [0.717, 1.165) is 23.8 Å². The Morgan fingerprint density at radius 2 is 1.53 bits per heavy atom. The van der Waals surface area contributed by atoms with Crippen molar-refractivity contribution in [2.24, 2.45) is 11.8 Å². The van der Waals surface area contributed by atoms with Gasteiger partial charge in [-0.2, -0.15) is 0 Å². The van der Waals surface area contributed by atoms with Crippen molar-refractivity contribution in [3.63, 3.8) is 0 Å². The van der Waals surface area contributed by atoms with Crippen LogP contribution in [0.5, 0.6) is 5.75 Å². The summed E-state index contributed by atoms with van der Waals surface area (Å²) in [6, 6.07) is 12.1. The van der Waals surface area contributed by atoms with E-state index in [2.05, 4.69) is 6.92 Å². The number of hydrogen-bond donors (Lipinski definition) is 2. The number of nitrogen functional groups attached to an aromatic ring is 2. The summed E-state index contributed by atoms with van der Waals surface area (Å²) in [6.07, 6.45) is 9.40. The maximum Gasteiger partial charge on any atom is 0.338 e. The molecule has 3 rings (SSSR count). The fourth-order valence-corrected chi connectivity index (χ4v) is 4.06. The molecular weight excluding hydrogens is 432 g/mol. The van der Waals surface area contributed by atoms with Crippen LogP contribution in [0.1, 0.15) is 54.9 Å². The quantitative estimate of drug-likeness (QED) is 0.222. The summed E-state index contributed by atoms with van der Waals surface area (Å²) in [6.45, 7) is 2.90. The van der Waals surface area contributed by atoms with Crippen molar-refractivity contribution < 1.29 is 23.8 Å². The topological polar surface area (TPSA) is 114 Å². The van der Waals surface area contributed by atoms with Gasteiger partial charge >= 0.3 is 11.9 Å². The average molecular weight is 467 g/mol. The molecule has 34 heavy (non-hydrogen) atoms. The summed E-state index contributed by atoms with van der Waals surface area (Å²) >= 11 is 0. The van der Waals surface area contributed by atoms with Gasteiger partial charge in [0.2, 0.25) is 0 Å². The highest BCUT2D eigenvalue weighted by atomic mass is 16.6. The highest BCUT2D eigenvalue weighted by Gasteiger charge is 2.20. The number of carbonyl (C=O) groups is 2. The maximum absolute atomic E-state index is 12.0. The number of carbonyl (C=O) groups excluding carboxylic acids is 2. The van der Waals surface area contributed by atoms with E-state index in [1.165, 1.54) is 50.3 Å². The summed E-state index contributed by atoms with van der Waals surface area (Å²) in [5.74, 6) is 1.26. The van der Waals surface area contributed by atoms with Crippen molar-refractivity contribution in [1.29, 1.82) is 0 Å². The highest BCUT2D eigenvalue weighted by Crippen LogP contribution is 2.31. The van der Waals surface area contributed by atoms with Crippen LogP contribution in [0.15, 0.2) is 48.5 Å². The molecule has 0 radical (unpaired) electrons. The van der Waals surface area contributed by atoms with Gasteiger partial charge in [0.15, 0.2) is 0 Å². The number of esters is 2. The molecule has 1 aliphatic rings. The first kappa shape index (κ1) is 25.1. The molecule has 2 aromatic rings. The molecule has 1 saturated carbocycles. The molecule has 0 atom stereocenters. The lowest BCUT2D eigenvalue weighted by Gasteiger charge is -2.27. The number of nitrogens with two attached hydrogens (primary N) is 2. The Kier molecular flexibility index (Phi) is 9.38. The zero-order valence-corrected chi connectivity index (χ0v) is 19.7. The standard InChI is InChI=1S/C27H34N2O5/c1-2-19-3-5-21(6-4-19)18-34-25-10-7-20(8-11-25)9-12-26(30)32-13-14-33-27(31)22-15-23(28)17-24(29)16-22/h7-12,15-17,19,21H,2-6,13-14,18,28-29H2,1H3/b12-9+. The smallest absolute Gasteiger partial charge is 0.338 e. The predicted octanol–water partition coefficient (Wildman–Crippen LogP) is 4.86. The Morgan fingerprint density at radius 3 is 2.18 bits per heavy atom. The van der Waals surface area contributed by atoms with E-state index in [4.69, 9.17) is 25.7 Å². The average Bonchev–Trinajstić information content (AvgIpc) is 2.84. The summed E-state index contributed by atoms with van der Waals surface area (Å²) in [5, 5.41) is 0. The minimum Gasteiger partial charge on any atom is -0.493 e. The molecule has 182 valence electrons. The molecular formula is C27H34N2O5. The van der Waals surface area contributed by atoms with Crippen LogP contribution in [0.4, 0.5) is 11.4 Å². The van der Waals surface area contributed by atoms with E-state index < -0.39 is 11.9 Å². The number of ether oxygens (including phenoxy) is 3. The fraction of sp³-hybridized carbons (Fsp3) is 0.407. The van der Waals surface area contributed by atoms with Crippen molar-refractivity contribution in [1.82, 2.24) is 0 Å². The summed E-state index contributed by atoms with van der Waals surface area (Å²) in [5.41, 5.74) is 13.2. The monoisotopic (exact) mass is 466 g/mol. The zero-order valence-electron chi connectivity index (χ0n) is 19.7. The van der Waals surface area contributed by atoms with E-state index in [1.807, 2.05) is 24.3 Å². The first-order valence-electron chi connectivity index (χ1n) is 11.8. The van der Waals surface area contributed by atoms with Crippen LogP contribution in [0, 0.1) is 11.8 Å².